The Morgan fingerprint density at radius 2 is 1.85 bits per heavy atom. The molecule has 0 spiro atoms. The van der Waals surface area contributed by atoms with E-state index in [1.165, 1.54) is 0 Å². The standard InChI is InChI=1S/C29H40N4O6S/c1-22(2)20-26(28(34)31-33(40(3,36)37)21-24-15-7-9-18-30-24)25(16-11-14-23-12-5-4-6-13-23)29(35)32-39-27-17-8-10-19-38-27/h4-7,9,11-15,18,22,25-27H,8,10,16-17,19-21H2,1-3H3,(H,31,34)(H,32,35)/b14-11+/t25-,26+,27?/m0/s1. The van der Waals surface area contributed by atoms with Gasteiger partial charge in [-0.15, -0.1) is 4.41 Å². The molecule has 1 aliphatic heterocycles. The van der Waals surface area contributed by atoms with Gasteiger partial charge in [0, 0.05) is 19.2 Å². The van der Waals surface area contributed by atoms with E-state index in [2.05, 4.69) is 15.9 Å². The zero-order valence-electron chi connectivity index (χ0n) is 23.4. The lowest BCUT2D eigenvalue weighted by atomic mass is 9.82. The van der Waals surface area contributed by atoms with Crippen molar-refractivity contribution < 1.29 is 27.6 Å². The van der Waals surface area contributed by atoms with Gasteiger partial charge in [0.15, 0.2) is 6.29 Å². The molecule has 0 radical (unpaired) electrons. The number of pyridine rings is 1. The van der Waals surface area contributed by atoms with Crippen molar-refractivity contribution in [3.63, 3.8) is 0 Å². The second-order valence-corrected chi connectivity index (χ2v) is 12.2. The zero-order valence-corrected chi connectivity index (χ0v) is 24.2. The Labute approximate surface area is 237 Å². The summed E-state index contributed by atoms with van der Waals surface area (Å²) in [4.78, 5) is 36.9. The molecule has 40 heavy (non-hydrogen) atoms. The number of ether oxygens (including phenoxy) is 1. The monoisotopic (exact) mass is 572 g/mol. The van der Waals surface area contributed by atoms with Crippen LogP contribution in [0.4, 0.5) is 0 Å². The first-order valence-corrected chi connectivity index (χ1v) is 15.4. The molecule has 1 fully saturated rings. The highest BCUT2D eigenvalue weighted by molar-refractivity contribution is 7.88. The number of hydrogen-bond acceptors (Lipinski definition) is 7. The Morgan fingerprint density at radius 1 is 1.10 bits per heavy atom. The molecule has 0 saturated carbocycles. The summed E-state index contributed by atoms with van der Waals surface area (Å²) < 4.78 is 31.6. The molecule has 1 aliphatic rings. The van der Waals surface area contributed by atoms with E-state index in [4.69, 9.17) is 9.57 Å². The van der Waals surface area contributed by atoms with Gasteiger partial charge < -0.3 is 4.74 Å². The van der Waals surface area contributed by atoms with Crippen molar-refractivity contribution in [2.24, 2.45) is 17.8 Å². The number of rotatable bonds is 14. The minimum atomic E-state index is -3.84. The predicted octanol–water partition coefficient (Wildman–Crippen LogP) is 3.83. The topological polar surface area (TPSA) is 127 Å². The molecule has 0 bridgehead atoms. The van der Waals surface area contributed by atoms with Gasteiger partial charge in [0.05, 0.1) is 30.3 Å². The van der Waals surface area contributed by atoms with E-state index < -0.39 is 40.0 Å². The average Bonchev–Trinajstić information content (AvgIpc) is 2.94. The lowest BCUT2D eigenvalue weighted by molar-refractivity contribution is -0.203. The lowest BCUT2D eigenvalue weighted by Crippen LogP contribution is -2.50. The van der Waals surface area contributed by atoms with Gasteiger partial charge in [0.1, 0.15) is 0 Å². The summed E-state index contributed by atoms with van der Waals surface area (Å²) in [5.41, 5.74) is 6.49. The normalized spacial score (nSPS) is 17.6. The fraction of sp³-hybridized carbons (Fsp3) is 0.483. The molecule has 3 rings (SSSR count). The molecule has 2 aromatic rings. The lowest BCUT2D eigenvalue weighted by Gasteiger charge is -2.30. The maximum absolute atomic E-state index is 13.7. The largest absolute Gasteiger partial charge is 0.350 e. The van der Waals surface area contributed by atoms with Gasteiger partial charge in [-0.3, -0.25) is 20.0 Å². The highest BCUT2D eigenvalue weighted by Crippen LogP contribution is 2.26. The second-order valence-electron chi connectivity index (χ2n) is 10.3. The minimum Gasteiger partial charge on any atom is -0.350 e. The van der Waals surface area contributed by atoms with Crippen molar-refractivity contribution in [2.75, 3.05) is 12.9 Å². The molecule has 1 aromatic carbocycles. The Bertz CT molecular complexity index is 1200. The number of aromatic nitrogens is 1. The molecule has 10 nitrogen and oxygen atoms in total. The van der Waals surface area contributed by atoms with Gasteiger partial charge in [-0.05, 0) is 49.3 Å². The number of nitrogens with one attached hydrogen (secondary N) is 2. The van der Waals surface area contributed by atoms with Crippen molar-refractivity contribution in [3.8, 4) is 0 Å². The summed E-state index contributed by atoms with van der Waals surface area (Å²) in [5, 5.41) is 0. The van der Waals surface area contributed by atoms with Crippen molar-refractivity contribution in [3.05, 3.63) is 72.1 Å². The maximum atomic E-state index is 13.7. The first kappa shape index (κ1) is 31.4. The third kappa shape index (κ3) is 10.5. The third-order valence-corrected chi connectivity index (χ3v) is 7.50. The first-order valence-electron chi connectivity index (χ1n) is 13.6. The van der Waals surface area contributed by atoms with E-state index in [9.17, 15) is 18.0 Å². The molecule has 1 saturated heterocycles. The predicted molar refractivity (Wildman–Crippen MR) is 152 cm³/mol. The summed E-state index contributed by atoms with van der Waals surface area (Å²) in [5.74, 6) is -2.67. The number of carbonyl (C=O) groups is 2. The van der Waals surface area contributed by atoms with Gasteiger partial charge in [-0.25, -0.2) is 18.7 Å². The zero-order chi connectivity index (χ0) is 29.0. The van der Waals surface area contributed by atoms with Crippen LogP contribution < -0.4 is 10.9 Å². The molecule has 0 aliphatic carbocycles. The van der Waals surface area contributed by atoms with E-state index in [1.807, 2.05) is 56.3 Å². The summed E-state index contributed by atoms with van der Waals surface area (Å²) in [7, 11) is -3.84. The number of hydrogen-bond donors (Lipinski definition) is 2. The number of carbonyl (C=O) groups excluding carboxylic acids is 2. The van der Waals surface area contributed by atoms with Gasteiger partial charge in [-0.2, -0.15) is 0 Å². The van der Waals surface area contributed by atoms with Gasteiger partial charge in [-0.1, -0.05) is 62.4 Å². The van der Waals surface area contributed by atoms with Gasteiger partial charge in [0.2, 0.25) is 21.8 Å². The van der Waals surface area contributed by atoms with Crippen LogP contribution in [0.2, 0.25) is 0 Å². The van der Waals surface area contributed by atoms with Crippen molar-refractivity contribution in [1.82, 2.24) is 20.3 Å². The highest BCUT2D eigenvalue weighted by Gasteiger charge is 2.36. The maximum Gasteiger partial charge on any atom is 0.247 e. The second kappa shape index (κ2) is 15.6. The Kier molecular flexibility index (Phi) is 12.3. The SMILES string of the molecule is CC(C)C[C@@H](C(=O)NN(Cc1ccccn1)S(C)(=O)=O)[C@H](C/C=C/c1ccccc1)C(=O)NOC1CCCCO1. The molecular formula is C29H40N4O6S. The van der Waals surface area contributed by atoms with Crippen LogP contribution in [0.5, 0.6) is 0 Å². The number of benzene rings is 1. The van der Waals surface area contributed by atoms with Crippen LogP contribution in [0.1, 0.15) is 57.2 Å². The Balaban J connectivity index is 1.83. The van der Waals surface area contributed by atoms with Crippen LogP contribution in [0.3, 0.4) is 0 Å². The fourth-order valence-corrected chi connectivity index (χ4v) is 5.04. The minimum absolute atomic E-state index is 0.0502. The van der Waals surface area contributed by atoms with E-state index in [1.54, 1.807) is 24.4 Å². The van der Waals surface area contributed by atoms with Crippen molar-refractivity contribution >= 4 is 27.9 Å². The molecule has 11 heteroatoms. The Morgan fingerprint density at radius 3 is 2.48 bits per heavy atom. The molecule has 3 atom stereocenters. The number of amides is 2. The number of nitrogens with zero attached hydrogens (tertiary/aromatic N) is 2. The number of hydroxylamine groups is 1. The van der Waals surface area contributed by atoms with E-state index in [-0.39, 0.29) is 18.9 Å². The number of sulfonamides is 1. The summed E-state index contributed by atoms with van der Waals surface area (Å²) in [6.07, 6.45) is 8.86. The smallest absolute Gasteiger partial charge is 0.247 e. The summed E-state index contributed by atoms with van der Waals surface area (Å²) in [6.45, 7) is 4.31. The molecule has 1 unspecified atom stereocenters. The van der Waals surface area contributed by atoms with Crippen LogP contribution in [0, 0.1) is 17.8 Å². The van der Waals surface area contributed by atoms with Crippen LogP contribution in [-0.4, -0.2) is 48.8 Å². The average molecular weight is 573 g/mol. The van der Waals surface area contributed by atoms with E-state index in [0.717, 1.165) is 29.1 Å². The Hall–Kier alpha value is -3.12. The highest BCUT2D eigenvalue weighted by atomic mass is 32.2. The molecule has 1 aromatic heterocycles. The van der Waals surface area contributed by atoms with E-state index in [0.29, 0.717) is 25.1 Å². The van der Waals surface area contributed by atoms with Gasteiger partial charge in [0.25, 0.3) is 0 Å². The van der Waals surface area contributed by atoms with Crippen LogP contribution in [0.25, 0.3) is 6.08 Å². The number of hydrazine groups is 1. The first-order chi connectivity index (χ1) is 19.1. The van der Waals surface area contributed by atoms with E-state index >= 15 is 0 Å². The molecule has 2 amide bonds. The summed E-state index contributed by atoms with van der Waals surface area (Å²) in [6, 6.07) is 14.8. The van der Waals surface area contributed by atoms with Crippen molar-refractivity contribution in [1.29, 1.82) is 0 Å². The molecular weight excluding hydrogens is 532 g/mol. The quantitative estimate of drug-likeness (QED) is 0.330. The van der Waals surface area contributed by atoms with Crippen molar-refractivity contribution in [2.45, 2.75) is 58.8 Å². The molecule has 218 valence electrons. The number of allylic oxidation sites excluding steroid dienone is 1. The van der Waals surface area contributed by atoms with Crippen LogP contribution in [0.15, 0.2) is 60.8 Å². The van der Waals surface area contributed by atoms with Crippen LogP contribution >= 0.6 is 0 Å². The molecule has 2 heterocycles. The van der Waals surface area contributed by atoms with Gasteiger partial charge >= 0.3 is 0 Å². The third-order valence-electron chi connectivity index (χ3n) is 6.48. The fourth-order valence-electron chi connectivity index (χ4n) is 4.42. The molecule has 2 N–H and O–H groups in total. The summed E-state index contributed by atoms with van der Waals surface area (Å²) >= 11 is 0. The van der Waals surface area contributed by atoms with Crippen LogP contribution in [-0.2, 0) is 35.7 Å².